The standard InChI is InChI=1S/C30H32F4N4O4/c1-38(19-30(32,33)34)29(40)42-28-18-35-15-22(41-28)12-13-23-25(31)16-36-17-26(23)37-27(39)14-24(20-8-4-2-5-9-20)21-10-6-3-7-11-21/h2-11,16-17,22,24,28,35H,12-15,18-19H2,1H3,(H,37,39)/t22-,28+/m1/s1. The van der Waals surface area contributed by atoms with Gasteiger partial charge >= 0.3 is 12.3 Å². The molecule has 4 rings (SSSR count). The van der Waals surface area contributed by atoms with Crippen LogP contribution in [0, 0.1) is 5.82 Å². The second-order valence-electron chi connectivity index (χ2n) is 10.0. The average molecular weight is 589 g/mol. The third-order valence-electron chi connectivity index (χ3n) is 6.78. The highest BCUT2D eigenvalue weighted by molar-refractivity contribution is 5.92. The zero-order chi connectivity index (χ0) is 30.1. The molecule has 2 aromatic carbocycles. The molecule has 0 bridgehead atoms. The van der Waals surface area contributed by atoms with Crippen molar-refractivity contribution in [3.63, 3.8) is 0 Å². The second kappa shape index (κ2) is 14.2. The van der Waals surface area contributed by atoms with E-state index >= 15 is 0 Å². The van der Waals surface area contributed by atoms with Gasteiger partial charge < -0.3 is 25.0 Å². The van der Waals surface area contributed by atoms with Gasteiger partial charge in [0.05, 0.1) is 30.7 Å². The Labute approximate surface area is 241 Å². The van der Waals surface area contributed by atoms with Crippen molar-refractivity contribution in [3.8, 4) is 0 Å². The number of hydrogen-bond donors (Lipinski definition) is 2. The third-order valence-corrected chi connectivity index (χ3v) is 6.78. The van der Waals surface area contributed by atoms with E-state index in [1.54, 1.807) is 0 Å². The lowest BCUT2D eigenvalue weighted by Gasteiger charge is -2.31. The summed E-state index contributed by atoms with van der Waals surface area (Å²) in [5, 5.41) is 5.82. The minimum Gasteiger partial charge on any atom is -0.418 e. The number of carbonyl (C=O) groups is 2. The number of amides is 2. The van der Waals surface area contributed by atoms with Crippen molar-refractivity contribution in [2.45, 2.75) is 43.8 Å². The normalized spacial score (nSPS) is 17.1. The number of hydrogen-bond acceptors (Lipinski definition) is 6. The molecule has 8 nitrogen and oxygen atoms in total. The van der Waals surface area contributed by atoms with Crippen LogP contribution in [0.3, 0.4) is 0 Å². The molecule has 1 aromatic heterocycles. The van der Waals surface area contributed by atoms with Crippen molar-refractivity contribution in [2.75, 3.05) is 32.0 Å². The number of carbonyl (C=O) groups excluding carboxylic acids is 2. The van der Waals surface area contributed by atoms with Crippen molar-refractivity contribution in [2.24, 2.45) is 0 Å². The fourth-order valence-electron chi connectivity index (χ4n) is 4.76. The summed E-state index contributed by atoms with van der Waals surface area (Å²) in [7, 11) is 0.980. The van der Waals surface area contributed by atoms with Gasteiger partial charge in [-0.05, 0) is 24.0 Å². The van der Waals surface area contributed by atoms with E-state index in [0.717, 1.165) is 24.4 Å². The van der Waals surface area contributed by atoms with Gasteiger partial charge in [0.15, 0.2) is 0 Å². The van der Waals surface area contributed by atoms with Gasteiger partial charge in [-0.25, -0.2) is 9.18 Å². The van der Waals surface area contributed by atoms with Gasteiger partial charge in [-0.3, -0.25) is 9.78 Å². The summed E-state index contributed by atoms with van der Waals surface area (Å²) in [5.74, 6) is -1.13. The number of benzene rings is 2. The van der Waals surface area contributed by atoms with Gasteiger partial charge in [-0.1, -0.05) is 60.7 Å². The molecule has 1 aliphatic heterocycles. The maximum atomic E-state index is 14.9. The lowest BCUT2D eigenvalue weighted by molar-refractivity contribution is -0.169. The van der Waals surface area contributed by atoms with Crippen LogP contribution in [0.2, 0.25) is 0 Å². The number of nitrogens with one attached hydrogen (secondary N) is 2. The molecule has 0 aliphatic carbocycles. The lowest BCUT2D eigenvalue weighted by Crippen LogP contribution is -2.48. The van der Waals surface area contributed by atoms with Crippen LogP contribution < -0.4 is 10.6 Å². The van der Waals surface area contributed by atoms with Crippen molar-refractivity contribution in [3.05, 3.63) is 95.6 Å². The van der Waals surface area contributed by atoms with Crippen LogP contribution in [-0.2, 0) is 20.7 Å². The highest BCUT2D eigenvalue weighted by atomic mass is 19.4. The van der Waals surface area contributed by atoms with E-state index in [1.165, 1.54) is 6.20 Å². The first-order chi connectivity index (χ1) is 20.1. The Kier molecular flexibility index (Phi) is 10.5. The van der Waals surface area contributed by atoms with Gasteiger partial charge in [-0.2, -0.15) is 13.2 Å². The summed E-state index contributed by atoms with van der Waals surface area (Å²) < 4.78 is 63.4. The summed E-state index contributed by atoms with van der Waals surface area (Å²) in [4.78, 5) is 29.5. The Morgan fingerprint density at radius 2 is 1.71 bits per heavy atom. The van der Waals surface area contributed by atoms with Gasteiger partial charge in [0, 0.05) is 31.5 Å². The number of aromatic nitrogens is 1. The number of alkyl halides is 3. The molecule has 12 heteroatoms. The van der Waals surface area contributed by atoms with E-state index in [2.05, 4.69) is 15.6 Å². The largest absolute Gasteiger partial charge is 0.418 e. The molecule has 0 unspecified atom stereocenters. The first-order valence-electron chi connectivity index (χ1n) is 13.5. The monoisotopic (exact) mass is 588 g/mol. The number of rotatable bonds is 10. The Hall–Kier alpha value is -4.03. The SMILES string of the molecule is CN(CC(F)(F)F)C(=O)O[C@H]1CNC[C@@H](CCc2c(F)cncc2NC(=O)CC(c2ccccc2)c2ccccc2)O1. The number of halogens is 4. The maximum Gasteiger partial charge on any atom is 0.412 e. The third kappa shape index (κ3) is 8.98. The minimum absolute atomic E-state index is 0.0943. The van der Waals surface area contributed by atoms with Crippen molar-refractivity contribution < 1.29 is 36.6 Å². The fraction of sp³-hybridized carbons (Fsp3) is 0.367. The van der Waals surface area contributed by atoms with Crippen LogP contribution in [0.4, 0.5) is 28.0 Å². The zero-order valence-corrected chi connectivity index (χ0v) is 22.9. The van der Waals surface area contributed by atoms with E-state index in [0.29, 0.717) is 11.4 Å². The Bertz CT molecular complexity index is 1290. The molecule has 0 saturated carbocycles. The molecular formula is C30H32F4N4O4. The minimum atomic E-state index is -4.56. The van der Waals surface area contributed by atoms with E-state index in [9.17, 15) is 27.2 Å². The highest BCUT2D eigenvalue weighted by Gasteiger charge is 2.33. The van der Waals surface area contributed by atoms with E-state index in [-0.39, 0.29) is 48.9 Å². The summed E-state index contributed by atoms with van der Waals surface area (Å²) in [5.41, 5.74) is 2.42. The predicted octanol–water partition coefficient (Wildman–Crippen LogP) is 5.26. The molecule has 0 radical (unpaired) electrons. The zero-order valence-electron chi connectivity index (χ0n) is 22.9. The van der Waals surface area contributed by atoms with E-state index in [1.807, 2.05) is 60.7 Å². The highest BCUT2D eigenvalue weighted by Crippen LogP contribution is 2.29. The first kappa shape index (κ1) is 30.9. The number of anilines is 1. The Morgan fingerprint density at radius 3 is 2.33 bits per heavy atom. The number of nitrogens with zero attached hydrogens (tertiary/aromatic N) is 2. The molecule has 2 amide bonds. The Balaban J connectivity index is 1.37. The van der Waals surface area contributed by atoms with E-state index < -0.39 is 37.0 Å². The quantitative estimate of drug-likeness (QED) is 0.314. The molecule has 1 aliphatic rings. The topological polar surface area (TPSA) is 92.8 Å². The summed E-state index contributed by atoms with van der Waals surface area (Å²) in [6, 6.07) is 19.3. The van der Waals surface area contributed by atoms with Gasteiger partial charge in [0.2, 0.25) is 12.2 Å². The molecule has 2 atom stereocenters. The van der Waals surface area contributed by atoms with Gasteiger partial charge in [-0.15, -0.1) is 0 Å². The van der Waals surface area contributed by atoms with Crippen LogP contribution in [0.25, 0.3) is 0 Å². The summed E-state index contributed by atoms with van der Waals surface area (Å²) in [6.45, 7) is -1.00. The number of pyridine rings is 1. The maximum absolute atomic E-state index is 14.9. The number of morpholine rings is 1. The fourth-order valence-corrected chi connectivity index (χ4v) is 4.76. The molecule has 3 aromatic rings. The van der Waals surface area contributed by atoms with Crippen molar-refractivity contribution in [1.29, 1.82) is 0 Å². The van der Waals surface area contributed by atoms with Crippen LogP contribution in [0.15, 0.2) is 73.1 Å². The Morgan fingerprint density at radius 1 is 1.07 bits per heavy atom. The van der Waals surface area contributed by atoms with Gasteiger partial charge in [0.1, 0.15) is 12.4 Å². The van der Waals surface area contributed by atoms with Crippen molar-refractivity contribution in [1.82, 2.24) is 15.2 Å². The van der Waals surface area contributed by atoms with Crippen LogP contribution >= 0.6 is 0 Å². The first-order valence-corrected chi connectivity index (χ1v) is 13.5. The van der Waals surface area contributed by atoms with Crippen LogP contribution in [0.5, 0.6) is 0 Å². The van der Waals surface area contributed by atoms with E-state index in [4.69, 9.17) is 9.47 Å². The smallest absolute Gasteiger partial charge is 0.412 e. The summed E-state index contributed by atoms with van der Waals surface area (Å²) >= 11 is 0. The molecule has 1 saturated heterocycles. The molecule has 1 fully saturated rings. The molecule has 0 spiro atoms. The second-order valence-corrected chi connectivity index (χ2v) is 10.0. The summed E-state index contributed by atoms with van der Waals surface area (Å²) in [6.07, 6.45) is -4.37. The lowest BCUT2D eigenvalue weighted by atomic mass is 9.88. The molecule has 2 N–H and O–H groups in total. The molecule has 2 heterocycles. The van der Waals surface area contributed by atoms with Crippen LogP contribution in [0.1, 0.15) is 35.4 Å². The van der Waals surface area contributed by atoms with Crippen LogP contribution in [-0.4, -0.2) is 67.1 Å². The number of ether oxygens (including phenoxy) is 2. The molecular weight excluding hydrogens is 556 g/mol. The van der Waals surface area contributed by atoms with Gasteiger partial charge in [0.25, 0.3) is 0 Å². The predicted molar refractivity (Wildman–Crippen MR) is 147 cm³/mol. The molecule has 224 valence electrons. The average Bonchev–Trinajstić information content (AvgIpc) is 2.96. The van der Waals surface area contributed by atoms with Crippen molar-refractivity contribution >= 4 is 17.7 Å². The molecule has 42 heavy (non-hydrogen) atoms.